The molecule has 0 atom stereocenters. The third-order valence-corrected chi connectivity index (χ3v) is 3.18. The van der Waals surface area contributed by atoms with Crippen LogP contribution in [-0.4, -0.2) is 29.6 Å². The molecule has 1 aliphatic heterocycles. The summed E-state index contributed by atoms with van der Waals surface area (Å²) in [6.45, 7) is 4.38. The SMILES string of the molecule is Cc1cc(OCC2CCNCC2)ncc1[N+](=O)[O-]. The van der Waals surface area contributed by atoms with E-state index in [4.69, 9.17) is 4.74 Å². The summed E-state index contributed by atoms with van der Waals surface area (Å²) < 4.78 is 5.60. The number of nitro groups is 1. The van der Waals surface area contributed by atoms with Crippen molar-refractivity contribution in [2.24, 2.45) is 5.92 Å². The number of rotatable bonds is 4. The average Bonchev–Trinajstić information content (AvgIpc) is 2.37. The lowest BCUT2D eigenvalue weighted by Gasteiger charge is -2.22. The monoisotopic (exact) mass is 251 g/mol. The van der Waals surface area contributed by atoms with Gasteiger partial charge >= 0.3 is 0 Å². The molecule has 98 valence electrons. The Balaban J connectivity index is 1.93. The number of ether oxygens (including phenoxy) is 1. The number of pyridine rings is 1. The fraction of sp³-hybridized carbons (Fsp3) is 0.583. The lowest BCUT2D eigenvalue weighted by molar-refractivity contribution is -0.385. The molecular weight excluding hydrogens is 234 g/mol. The fourth-order valence-corrected chi connectivity index (χ4v) is 2.04. The minimum Gasteiger partial charge on any atom is -0.477 e. The van der Waals surface area contributed by atoms with E-state index >= 15 is 0 Å². The van der Waals surface area contributed by atoms with E-state index in [9.17, 15) is 10.1 Å². The Kier molecular flexibility index (Phi) is 4.09. The van der Waals surface area contributed by atoms with Gasteiger partial charge in [-0.2, -0.15) is 0 Å². The van der Waals surface area contributed by atoms with Crippen molar-refractivity contribution < 1.29 is 9.66 Å². The highest BCUT2D eigenvalue weighted by Gasteiger charge is 2.15. The highest BCUT2D eigenvalue weighted by molar-refractivity contribution is 5.39. The topological polar surface area (TPSA) is 77.3 Å². The molecule has 1 aromatic rings. The molecule has 0 aromatic carbocycles. The first-order valence-electron chi connectivity index (χ1n) is 6.11. The van der Waals surface area contributed by atoms with Crippen LogP contribution in [0.1, 0.15) is 18.4 Å². The van der Waals surface area contributed by atoms with Crippen LogP contribution in [0.5, 0.6) is 5.88 Å². The lowest BCUT2D eigenvalue weighted by atomic mass is 9.99. The van der Waals surface area contributed by atoms with Crippen LogP contribution >= 0.6 is 0 Å². The predicted octanol–water partition coefficient (Wildman–Crippen LogP) is 1.68. The molecule has 0 radical (unpaired) electrons. The zero-order chi connectivity index (χ0) is 13.0. The molecule has 0 amide bonds. The van der Waals surface area contributed by atoms with Gasteiger partial charge in [0.15, 0.2) is 0 Å². The van der Waals surface area contributed by atoms with Crippen molar-refractivity contribution >= 4 is 5.69 Å². The maximum absolute atomic E-state index is 10.7. The van der Waals surface area contributed by atoms with E-state index in [0.29, 0.717) is 24.0 Å². The normalized spacial score (nSPS) is 16.5. The van der Waals surface area contributed by atoms with E-state index in [2.05, 4.69) is 10.3 Å². The smallest absolute Gasteiger partial charge is 0.290 e. The molecule has 2 heterocycles. The van der Waals surface area contributed by atoms with Gasteiger partial charge in [-0.15, -0.1) is 0 Å². The first-order chi connectivity index (χ1) is 8.66. The van der Waals surface area contributed by atoms with Crippen LogP contribution in [0.15, 0.2) is 12.3 Å². The van der Waals surface area contributed by atoms with Crippen molar-refractivity contribution in [1.82, 2.24) is 10.3 Å². The zero-order valence-corrected chi connectivity index (χ0v) is 10.4. The van der Waals surface area contributed by atoms with Gasteiger partial charge in [0.25, 0.3) is 5.69 Å². The van der Waals surface area contributed by atoms with E-state index in [0.717, 1.165) is 25.9 Å². The molecule has 1 aromatic heterocycles. The highest BCUT2D eigenvalue weighted by Crippen LogP contribution is 2.21. The zero-order valence-electron chi connectivity index (χ0n) is 10.4. The van der Waals surface area contributed by atoms with Crippen molar-refractivity contribution in [3.05, 3.63) is 27.9 Å². The van der Waals surface area contributed by atoms with Gasteiger partial charge in [-0.1, -0.05) is 0 Å². The number of hydrogen-bond donors (Lipinski definition) is 1. The summed E-state index contributed by atoms with van der Waals surface area (Å²) in [6.07, 6.45) is 3.46. The van der Waals surface area contributed by atoms with Gasteiger partial charge in [0.2, 0.25) is 5.88 Å². The number of aromatic nitrogens is 1. The van der Waals surface area contributed by atoms with Crippen molar-refractivity contribution in [3.63, 3.8) is 0 Å². The first-order valence-corrected chi connectivity index (χ1v) is 6.11. The molecule has 18 heavy (non-hydrogen) atoms. The van der Waals surface area contributed by atoms with Crippen LogP contribution in [-0.2, 0) is 0 Å². The number of piperidine rings is 1. The Morgan fingerprint density at radius 3 is 2.89 bits per heavy atom. The van der Waals surface area contributed by atoms with E-state index in [-0.39, 0.29) is 5.69 Å². The number of hydrogen-bond acceptors (Lipinski definition) is 5. The molecule has 1 fully saturated rings. The fourth-order valence-electron chi connectivity index (χ4n) is 2.04. The highest BCUT2D eigenvalue weighted by atomic mass is 16.6. The molecule has 6 nitrogen and oxygen atoms in total. The summed E-state index contributed by atoms with van der Waals surface area (Å²) in [5, 5.41) is 14.0. The predicted molar refractivity (Wildman–Crippen MR) is 66.7 cm³/mol. The van der Waals surface area contributed by atoms with Gasteiger partial charge in [0.1, 0.15) is 6.20 Å². The van der Waals surface area contributed by atoms with E-state index in [1.165, 1.54) is 6.20 Å². The minimum absolute atomic E-state index is 0.0317. The second-order valence-electron chi connectivity index (χ2n) is 4.57. The van der Waals surface area contributed by atoms with Gasteiger partial charge in [-0.25, -0.2) is 4.98 Å². The first kappa shape index (κ1) is 12.8. The molecule has 1 N–H and O–H groups in total. The van der Waals surface area contributed by atoms with Crippen molar-refractivity contribution in [3.8, 4) is 5.88 Å². The molecule has 1 aliphatic rings. The Morgan fingerprint density at radius 1 is 1.56 bits per heavy atom. The van der Waals surface area contributed by atoms with Crippen LogP contribution in [0.4, 0.5) is 5.69 Å². The van der Waals surface area contributed by atoms with Gasteiger partial charge in [0.05, 0.1) is 11.5 Å². The maximum Gasteiger partial charge on any atom is 0.290 e. The van der Waals surface area contributed by atoms with Gasteiger partial charge in [-0.3, -0.25) is 10.1 Å². The van der Waals surface area contributed by atoms with E-state index in [1.54, 1.807) is 13.0 Å². The molecule has 0 spiro atoms. The largest absolute Gasteiger partial charge is 0.477 e. The third-order valence-electron chi connectivity index (χ3n) is 3.18. The average molecular weight is 251 g/mol. The summed E-state index contributed by atoms with van der Waals surface area (Å²) in [6, 6.07) is 1.62. The van der Waals surface area contributed by atoms with Crippen LogP contribution in [0, 0.1) is 23.0 Å². The Bertz CT molecular complexity index is 431. The molecular formula is C12H17N3O3. The minimum atomic E-state index is -0.432. The number of nitrogens with zero attached hydrogens (tertiary/aromatic N) is 2. The molecule has 0 unspecified atom stereocenters. The van der Waals surface area contributed by atoms with Crippen LogP contribution < -0.4 is 10.1 Å². The Morgan fingerprint density at radius 2 is 2.28 bits per heavy atom. The maximum atomic E-state index is 10.7. The van der Waals surface area contributed by atoms with Crippen molar-refractivity contribution in [1.29, 1.82) is 0 Å². The Hall–Kier alpha value is -1.69. The van der Waals surface area contributed by atoms with Gasteiger partial charge in [-0.05, 0) is 38.8 Å². The number of nitrogens with one attached hydrogen (secondary N) is 1. The molecule has 6 heteroatoms. The van der Waals surface area contributed by atoms with E-state index in [1.807, 2.05) is 0 Å². The standard InChI is InChI=1S/C12H17N3O3/c1-9-6-12(14-7-11(9)15(16)17)18-8-10-2-4-13-5-3-10/h6-7,10,13H,2-5,8H2,1H3. The van der Waals surface area contributed by atoms with Crippen LogP contribution in [0.3, 0.4) is 0 Å². The summed E-state index contributed by atoms with van der Waals surface area (Å²) in [5.41, 5.74) is 0.611. The van der Waals surface area contributed by atoms with Crippen molar-refractivity contribution in [2.45, 2.75) is 19.8 Å². The summed E-state index contributed by atoms with van der Waals surface area (Å²) >= 11 is 0. The molecule has 0 saturated carbocycles. The number of aryl methyl sites for hydroxylation is 1. The molecule has 1 saturated heterocycles. The lowest BCUT2D eigenvalue weighted by Crippen LogP contribution is -2.30. The third kappa shape index (κ3) is 3.16. The molecule has 2 rings (SSSR count). The molecule has 0 aliphatic carbocycles. The van der Waals surface area contributed by atoms with Gasteiger partial charge < -0.3 is 10.1 Å². The van der Waals surface area contributed by atoms with Crippen LogP contribution in [0.25, 0.3) is 0 Å². The van der Waals surface area contributed by atoms with E-state index < -0.39 is 4.92 Å². The van der Waals surface area contributed by atoms with Crippen LogP contribution in [0.2, 0.25) is 0 Å². The summed E-state index contributed by atoms with van der Waals surface area (Å²) in [4.78, 5) is 14.2. The second kappa shape index (κ2) is 5.77. The second-order valence-corrected chi connectivity index (χ2v) is 4.57. The Labute approximate surface area is 106 Å². The van der Waals surface area contributed by atoms with Gasteiger partial charge in [0, 0.05) is 11.6 Å². The summed E-state index contributed by atoms with van der Waals surface area (Å²) in [7, 11) is 0. The molecule has 0 bridgehead atoms. The summed E-state index contributed by atoms with van der Waals surface area (Å²) in [5.74, 6) is 1.01. The quantitative estimate of drug-likeness (QED) is 0.650. The van der Waals surface area contributed by atoms with Crippen molar-refractivity contribution in [2.75, 3.05) is 19.7 Å².